The lowest BCUT2D eigenvalue weighted by Gasteiger charge is -2.00. The number of hydrogen-bond acceptors (Lipinski definition) is 1. The van der Waals surface area contributed by atoms with Gasteiger partial charge in [0.05, 0.1) is 0 Å². The highest BCUT2D eigenvalue weighted by molar-refractivity contribution is 5.97. The molecule has 0 aliphatic rings. The highest BCUT2D eigenvalue weighted by atomic mass is 28.2. The number of allylic oxidation sites excluding steroid dienone is 2. The van der Waals surface area contributed by atoms with Crippen LogP contribution in [0.4, 0.5) is 0 Å². The Labute approximate surface area is 79.7 Å². The average Bonchev–Trinajstić information content (AvgIpc) is 2.11. The molecule has 0 atom stereocenters. The third-order valence-corrected chi connectivity index (χ3v) is 2.55. The second kappa shape index (κ2) is 9.01. The molecule has 0 unspecified atom stereocenters. The highest BCUT2D eigenvalue weighted by Gasteiger charge is 1.89. The maximum Gasteiger partial charge on any atom is 0.145 e. The van der Waals surface area contributed by atoms with Crippen molar-refractivity contribution in [2.45, 2.75) is 46.0 Å². The fourth-order valence-electron chi connectivity index (χ4n) is 1.24. The Kier molecular flexibility index (Phi) is 8.95. The van der Waals surface area contributed by atoms with Crippen molar-refractivity contribution in [2.24, 2.45) is 0 Å². The summed E-state index contributed by atoms with van der Waals surface area (Å²) in [6, 6.07) is 0. The van der Waals surface area contributed by atoms with E-state index in [0.717, 1.165) is 17.1 Å². The summed E-state index contributed by atoms with van der Waals surface area (Å²) in [7, 11) is 0.890. The Morgan fingerprint density at radius 2 is 1.92 bits per heavy atom. The molecule has 0 bridgehead atoms. The lowest BCUT2D eigenvalue weighted by Crippen LogP contribution is -1.88. The van der Waals surface area contributed by atoms with Gasteiger partial charge in [0.25, 0.3) is 0 Å². The van der Waals surface area contributed by atoms with E-state index in [2.05, 4.69) is 19.9 Å². The Balaban J connectivity index is 3.31. The van der Waals surface area contributed by atoms with Gasteiger partial charge in [-0.25, -0.2) is 0 Å². The van der Waals surface area contributed by atoms with Gasteiger partial charge in [-0.1, -0.05) is 25.5 Å². The lowest BCUT2D eigenvalue weighted by atomic mass is 10.1. The van der Waals surface area contributed by atoms with E-state index in [1.807, 2.05) is 0 Å². The fourth-order valence-corrected chi connectivity index (χ4v) is 1.52. The van der Waals surface area contributed by atoms with Crippen LogP contribution in [0.1, 0.15) is 46.0 Å². The molecule has 0 spiro atoms. The molecular formula is C10H22OSi. The van der Waals surface area contributed by atoms with Crippen LogP contribution in [0.3, 0.4) is 0 Å². The molecular weight excluding hydrogens is 164 g/mol. The topological polar surface area (TPSA) is 9.23 Å². The molecule has 0 aliphatic heterocycles. The first kappa shape index (κ1) is 11.9. The highest BCUT2D eigenvalue weighted by Crippen LogP contribution is 2.08. The zero-order valence-electron chi connectivity index (χ0n) is 8.73. The molecule has 0 rings (SSSR count). The molecule has 0 saturated heterocycles. The van der Waals surface area contributed by atoms with Gasteiger partial charge in [0.2, 0.25) is 0 Å². The molecule has 0 aliphatic carbocycles. The largest absolute Gasteiger partial charge is 0.428 e. The Hall–Kier alpha value is -0.0831. The lowest BCUT2D eigenvalue weighted by molar-refractivity contribution is 0.337. The third-order valence-electron chi connectivity index (χ3n) is 2.14. The molecule has 0 aromatic carbocycles. The van der Waals surface area contributed by atoms with Crippen LogP contribution in [0.2, 0.25) is 0 Å². The minimum Gasteiger partial charge on any atom is -0.428 e. The second-order valence-corrected chi connectivity index (χ2v) is 3.64. The van der Waals surface area contributed by atoms with Crippen LogP contribution in [0, 0.1) is 0 Å². The van der Waals surface area contributed by atoms with Crippen LogP contribution in [0.25, 0.3) is 0 Å². The SMILES string of the molecule is CCC(=CCCCCO[SiH3])CC. The van der Waals surface area contributed by atoms with Crippen LogP contribution >= 0.6 is 0 Å². The average molecular weight is 186 g/mol. The van der Waals surface area contributed by atoms with Crippen molar-refractivity contribution in [2.75, 3.05) is 6.61 Å². The molecule has 0 radical (unpaired) electrons. The summed E-state index contributed by atoms with van der Waals surface area (Å²) in [6.45, 7) is 5.43. The summed E-state index contributed by atoms with van der Waals surface area (Å²) in [4.78, 5) is 0. The van der Waals surface area contributed by atoms with E-state index in [4.69, 9.17) is 4.43 Å². The van der Waals surface area contributed by atoms with Gasteiger partial charge >= 0.3 is 0 Å². The first-order valence-corrected chi connectivity index (χ1v) is 5.83. The summed E-state index contributed by atoms with van der Waals surface area (Å²) in [6.07, 6.45) is 8.57. The number of rotatable bonds is 7. The fraction of sp³-hybridized carbons (Fsp3) is 0.800. The normalized spacial score (nSPS) is 10.2. The minimum atomic E-state index is 0.890. The molecule has 0 aromatic heterocycles. The molecule has 12 heavy (non-hydrogen) atoms. The predicted octanol–water partition coefficient (Wildman–Crippen LogP) is 2.20. The monoisotopic (exact) mass is 186 g/mol. The molecule has 0 saturated carbocycles. The van der Waals surface area contributed by atoms with Crippen LogP contribution in [0.5, 0.6) is 0 Å². The molecule has 72 valence electrons. The summed E-state index contributed by atoms with van der Waals surface area (Å²) in [5.41, 5.74) is 1.60. The van der Waals surface area contributed by atoms with Crippen LogP contribution in [-0.2, 0) is 4.43 Å². The molecule has 1 nitrogen and oxygen atoms in total. The molecule has 0 fully saturated rings. The quantitative estimate of drug-likeness (QED) is 0.336. The molecule has 0 N–H and O–H groups in total. The molecule has 0 amide bonds. The van der Waals surface area contributed by atoms with Gasteiger partial charge in [0, 0.05) is 6.61 Å². The van der Waals surface area contributed by atoms with Crippen molar-refractivity contribution in [1.29, 1.82) is 0 Å². The van der Waals surface area contributed by atoms with E-state index in [-0.39, 0.29) is 0 Å². The molecule has 2 heteroatoms. The van der Waals surface area contributed by atoms with Crippen molar-refractivity contribution in [3.8, 4) is 0 Å². The van der Waals surface area contributed by atoms with Crippen molar-refractivity contribution in [1.82, 2.24) is 0 Å². The van der Waals surface area contributed by atoms with Crippen molar-refractivity contribution in [3.63, 3.8) is 0 Å². The summed E-state index contributed by atoms with van der Waals surface area (Å²) in [5.74, 6) is 0. The summed E-state index contributed by atoms with van der Waals surface area (Å²) >= 11 is 0. The maximum absolute atomic E-state index is 5.12. The number of unbranched alkanes of at least 4 members (excludes halogenated alkanes) is 2. The first-order valence-electron chi connectivity index (χ1n) is 5.02. The van der Waals surface area contributed by atoms with E-state index in [1.165, 1.54) is 32.1 Å². The zero-order chi connectivity index (χ0) is 9.23. The second-order valence-electron chi connectivity index (χ2n) is 3.06. The molecule has 0 heterocycles. The van der Waals surface area contributed by atoms with E-state index in [9.17, 15) is 0 Å². The predicted molar refractivity (Wildman–Crippen MR) is 58.4 cm³/mol. The Bertz CT molecular complexity index is 115. The van der Waals surface area contributed by atoms with Crippen LogP contribution < -0.4 is 0 Å². The minimum absolute atomic E-state index is 0.890. The van der Waals surface area contributed by atoms with Crippen molar-refractivity contribution >= 4 is 10.5 Å². The van der Waals surface area contributed by atoms with Gasteiger partial charge in [0.1, 0.15) is 10.5 Å². The maximum atomic E-state index is 5.12. The van der Waals surface area contributed by atoms with Crippen molar-refractivity contribution < 1.29 is 4.43 Å². The van der Waals surface area contributed by atoms with Gasteiger partial charge in [-0.05, 0) is 32.1 Å². The Morgan fingerprint density at radius 1 is 1.25 bits per heavy atom. The Morgan fingerprint density at radius 3 is 2.42 bits per heavy atom. The van der Waals surface area contributed by atoms with E-state index in [1.54, 1.807) is 5.57 Å². The van der Waals surface area contributed by atoms with Gasteiger partial charge in [-0.15, -0.1) is 0 Å². The van der Waals surface area contributed by atoms with Crippen LogP contribution in [-0.4, -0.2) is 17.1 Å². The van der Waals surface area contributed by atoms with Gasteiger partial charge in [-0.3, -0.25) is 0 Å². The van der Waals surface area contributed by atoms with Gasteiger partial charge in [0.15, 0.2) is 0 Å². The van der Waals surface area contributed by atoms with Crippen molar-refractivity contribution in [3.05, 3.63) is 11.6 Å². The van der Waals surface area contributed by atoms with E-state index < -0.39 is 0 Å². The van der Waals surface area contributed by atoms with Crippen LogP contribution in [0.15, 0.2) is 11.6 Å². The van der Waals surface area contributed by atoms with E-state index in [0.29, 0.717) is 0 Å². The third kappa shape index (κ3) is 6.62. The summed E-state index contributed by atoms with van der Waals surface area (Å²) in [5, 5.41) is 0. The molecule has 0 aromatic rings. The van der Waals surface area contributed by atoms with Gasteiger partial charge in [-0.2, -0.15) is 0 Å². The smallest absolute Gasteiger partial charge is 0.145 e. The van der Waals surface area contributed by atoms with E-state index >= 15 is 0 Å². The first-order chi connectivity index (χ1) is 5.85. The van der Waals surface area contributed by atoms with Gasteiger partial charge < -0.3 is 4.43 Å². The standard InChI is InChI=1S/C10H22OSi/c1-3-10(4-2)8-6-5-7-9-11-12/h8H,3-7,9H2,1-2,12H3. The number of hydrogen-bond donors (Lipinski definition) is 0. The summed E-state index contributed by atoms with van der Waals surface area (Å²) < 4.78 is 5.12. The zero-order valence-corrected chi connectivity index (χ0v) is 10.7.